The summed E-state index contributed by atoms with van der Waals surface area (Å²) in [5.74, 6) is 0. The normalized spacial score (nSPS) is 15.3. The van der Waals surface area contributed by atoms with E-state index in [9.17, 15) is 18.0 Å². The smallest absolute Gasteiger partial charge is 0.410 e. The summed E-state index contributed by atoms with van der Waals surface area (Å²) in [6.45, 7) is 9.16. The second kappa shape index (κ2) is 8.13. The lowest BCUT2D eigenvalue weighted by molar-refractivity contribution is 0.00808. The summed E-state index contributed by atoms with van der Waals surface area (Å²) < 4.78 is 34.6. The molecule has 1 aliphatic rings. The zero-order chi connectivity index (χ0) is 25.1. The predicted octanol–water partition coefficient (Wildman–Crippen LogP) is 3.81. The van der Waals surface area contributed by atoms with Gasteiger partial charge in [0.05, 0.1) is 10.4 Å². The van der Waals surface area contributed by atoms with Gasteiger partial charge < -0.3 is 19.6 Å². The third-order valence-electron chi connectivity index (χ3n) is 6.18. The van der Waals surface area contributed by atoms with E-state index >= 15 is 0 Å². The summed E-state index contributed by atoms with van der Waals surface area (Å²) in [5, 5.41) is 1.32. The van der Waals surface area contributed by atoms with Gasteiger partial charge in [-0.1, -0.05) is 0 Å². The molecule has 1 aromatic carbocycles. The lowest BCUT2D eigenvalue weighted by Crippen LogP contribution is -2.54. The Bertz CT molecular complexity index is 1410. The van der Waals surface area contributed by atoms with Gasteiger partial charge in [-0.15, -0.1) is 0 Å². The van der Waals surface area contributed by atoms with Gasteiger partial charge in [0.15, 0.2) is 0 Å². The van der Waals surface area contributed by atoms with E-state index in [-0.39, 0.29) is 23.0 Å². The van der Waals surface area contributed by atoms with Crippen LogP contribution in [0.5, 0.6) is 0 Å². The molecule has 0 bridgehead atoms. The first-order chi connectivity index (χ1) is 15.7. The van der Waals surface area contributed by atoms with Crippen molar-refractivity contribution in [1.29, 1.82) is 0 Å². The molecule has 4 rings (SSSR count). The van der Waals surface area contributed by atoms with Crippen LogP contribution >= 0.6 is 0 Å². The van der Waals surface area contributed by atoms with Crippen LogP contribution in [0.1, 0.15) is 47.5 Å². The molecular weight excluding hydrogens is 456 g/mol. The summed E-state index contributed by atoms with van der Waals surface area (Å²) in [7, 11) is -2.24. The molecule has 0 spiro atoms. The topological polar surface area (TPSA) is 116 Å². The van der Waals surface area contributed by atoms with Crippen LogP contribution in [0, 0.1) is 0 Å². The number of nitrogens with zero attached hydrogens (tertiary/aromatic N) is 2. The number of nitrogens with one attached hydrogen (secondary N) is 2. The van der Waals surface area contributed by atoms with Crippen LogP contribution in [0.25, 0.3) is 21.8 Å². The van der Waals surface area contributed by atoms with Crippen LogP contribution < -0.4 is 5.56 Å². The fourth-order valence-corrected chi connectivity index (χ4v) is 5.82. The van der Waals surface area contributed by atoms with Crippen molar-refractivity contribution >= 4 is 37.9 Å². The summed E-state index contributed by atoms with van der Waals surface area (Å²) in [4.78, 5) is 32.2. The average molecular weight is 489 g/mol. The minimum Gasteiger partial charge on any atom is -0.444 e. The standard InChI is InChI=1S/C24H32N4O5S/c1-23(2,3)33-22(30)27(6)24(4,5)14-28(15-7-8-15)34(31,32)16-9-10-19-18(13-16)17-11-12-25-20(17)21(29)26-19/h9-13,15,25H,7-8,14H2,1-6H3,(H,26,29). The summed E-state index contributed by atoms with van der Waals surface area (Å²) in [6, 6.07) is 6.40. The molecule has 0 atom stereocenters. The first-order valence-corrected chi connectivity index (χ1v) is 12.8. The summed E-state index contributed by atoms with van der Waals surface area (Å²) in [5.41, 5.74) is -0.748. The Morgan fingerprint density at radius 3 is 2.41 bits per heavy atom. The number of amides is 1. The largest absolute Gasteiger partial charge is 0.444 e. The molecular formula is C24H32N4O5S. The van der Waals surface area contributed by atoms with Crippen LogP contribution in [0.4, 0.5) is 4.79 Å². The van der Waals surface area contributed by atoms with Crippen LogP contribution in [-0.2, 0) is 14.8 Å². The summed E-state index contributed by atoms with van der Waals surface area (Å²) in [6.07, 6.45) is 2.70. The van der Waals surface area contributed by atoms with Crippen molar-refractivity contribution in [2.75, 3.05) is 13.6 Å². The number of fused-ring (bicyclic) bond motifs is 3. The Hall–Kier alpha value is -2.85. The highest BCUT2D eigenvalue weighted by atomic mass is 32.2. The Morgan fingerprint density at radius 2 is 1.79 bits per heavy atom. The van der Waals surface area contributed by atoms with Crippen LogP contribution in [0.3, 0.4) is 0 Å². The monoisotopic (exact) mass is 488 g/mol. The van der Waals surface area contributed by atoms with E-state index in [1.54, 1.807) is 52.2 Å². The maximum atomic E-state index is 13.8. The molecule has 34 heavy (non-hydrogen) atoms. The molecule has 3 aromatic rings. The number of pyridine rings is 1. The number of aromatic amines is 2. The highest BCUT2D eigenvalue weighted by Gasteiger charge is 2.43. The minimum atomic E-state index is -3.87. The van der Waals surface area contributed by atoms with E-state index in [1.165, 1.54) is 15.3 Å². The Kier molecular flexibility index (Phi) is 5.80. The third-order valence-corrected chi connectivity index (χ3v) is 8.08. The van der Waals surface area contributed by atoms with Gasteiger partial charge in [0, 0.05) is 42.1 Å². The lowest BCUT2D eigenvalue weighted by atomic mass is 10.0. The van der Waals surface area contributed by atoms with E-state index in [1.807, 2.05) is 13.8 Å². The van der Waals surface area contributed by atoms with Gasteiger partial charge in [-0.25, -0.2) is 13.2 Å². The molecule has 0 unspecified atom stereocenters. The molecule has 1 saturated carbocycles. The highest BCUT2D eigenvalue weighted by molar-refractivity contribution is 7.89. The zero-order valence-corrected chi connectivity index (χ0v) is 21.2. The molecule has 1 amide bonds. The molecule has 1 fully saturated rings. The zero-order valence-electron chi connectivity index (χ0n) is 20.4. The number of hydrogen-bond donors (Lipinski definition) is 2. The van der Waals surface area contributed by atoms with E-state index in [0.29, 0.717) is 21.8 Å². The van der Waals surface area contributed by atoms with Crippen molar-refractivity contribution in [1.82, 2.24) is 19.2 Å². The molecule has 0 radical (unpaired) electrons. The SMILES string of the molecule is CN(C(=O)OC(C)(C)C)C(C)(C)CN(C1CC1)S(=O)(=O)c1ccc2[nH]c(=O)c3[nH]ccc3c2c1. The number of rotatable bonds is 6. The molecule has 2 aromatic heterocycles. The second-order valence-corrected chi connectivity index (χ2v) is 12.5. The van der Waals surface area contributed by atoms with Crippen LogP contribution in [0.15, 0.2) is 40.2 Å². The van der Waals surface area contributed by atoms with Crippen molar-refractivity contribution in [2.45, 2.75) is 69.5 Å². The number of ether oxygens (including phenoxy) is 1. The van der Waals surface area contributed by atoms with Crippen molar-refractivity contribution < 1.29 is 17.9 Å². The number of benzene rings is 1. The second-order valence-electron chi connectivity index (χ2n) is 10.6. The van der Waals surface area contributed by atoms with Gasteiger partial charge in [0.25, 0.3) is 5.56 Å². The Labute approximate surface area is 199 Å². The van der Waals surface area contributed by atoms with Gasteiger partial charge >= 0.3 is 6.09 Å². The molecule has 0 saturated heterocycles. The van der Waals surface area contributed by atoms with Gasteiger partial charge in [0.1, 0.15) is 11.1 Å². The summed E-state index contributed by atoms with van der Waals surface area (Å²) >= 11 is 0. The Balaban J connectivity index is 1.69. The number of likely N-dealkylation sites (N-methyl/N-ethyl adjacent to an activating group) is 1. The van der Waals surface area contributed by atoms with Crippen molar-refractivity contribution in [3.63, 3.8) is 0 Å². The number of H-pyrrole nitrogens is 2. The predicted molar refractivity (Wildman–Crippen MR) is 131 cm³/mol. The molecule has 9 nitrogen and oxygen atoms in total. The molecule has 184 valence electrons. The van der Waals surface area contributed by atoms with E-state index < -0.39 is 27.3 Å². The van der Waals surface area contributed by atoms with Crippen molar-refractivity contribution in [3.05, 3.63) is 40.8 Å². The molecule has 2 N–H and O–H groups in total. The molecule has 0 aliphatic heterocycles. The Morgan fingerprint density at radius 1 is 1.12 bits per heavy atom. The number of carbonyl (C=O) groups is 1. The van der Waals surface area contributed by atoms with Crippen molar-refractivity contribution in [2.24, 2.45) is 0 Å². The highest BCUT2D eigenvalue weighted by Crippen LogP contribution is 2.35. The van der Waals surface area contributed by atoms with Gasteiger partial charge in [-0.05, 0) is 71.7 Å². The van der Waals surface area contributed by atoms with E-state index in [0.717, 1.165) is 12.8 Å². The van der Waals surface area contributed by atoms with Crippen molar-refractivity contribution in [3.8, 4) is 0 Å². The number of aromatic nitrogens is 2. The number of hydrogen-bond acceptors (Lipinski definition) is 5. The first kappa shape index (κ1) is 24.3. The number of carbonyl (C=O) groups excluding carboxylic acids is 1. The van der Waals surface area contributed by atoms with Gasteiger partial charge in [0.2, 0.25) is 10.0 Å². The molecule has 2 heterocycles. The number of sulfonamides is 1. The average Bonchev–Trinajstić information content (AvgIpc) is 3.44. The van der Waals surface area contributed by atoms with E-state index in [2.05, 4.69) is 9.97 Å². The van der Waals surface area contributed by atoms with E-state index in [4.69, 9.17) is 4.74 Å². The quantitative estimate of drug-likeness (QED) is 0.547. The minimum absolute atomic E-state index is 0.116. The fourth-order valence-electron chi connectivity index (χ4n) is 3.96. The van der Waals surface area contributed by atoms with Crippen LogP contribution in [0.2, 0.25) is 0 Å². The van der Waals surface area contributed by atoms with Gasteiger partial charge in [-0.3, -0.25) is 4.79 Å². The maximum Gasteiger partial charge on any atom is 0.410 e. The third kappa shape index (κ3) is 4.56. The first-order valence-electron chi connectivity index (χ1n) is 11.3. The maximum absolute atomic E-state index is 13.8. The fraction of sp³-hybridized carbons (Fsp3) is 0.500. The molecule has 10 heteroatoms. The lowest BCUT2D eigenvalue weighted by Gasteiger charge is -2.39. The van der Waals surface area contributed by atoms with Crippen LogP contribution in [-0.4, -0.2) is 64.5 Å². The molecule has 1 aliphatic carbocycles. The van der Waals surface area contributed by atoms with Gasteiger partial charge in [-0.2, -0.15) is 4.31 Å².